The molecule has 2 rings (SSSR count). The molecule has 86 valence electrons. The Hall–Kier alpha value is -1.58. The van der Waals surface area contributed by atoms with Crippen molar-refractivity contribution in [2.24, 2.45) is 5.10 Å². The number of hydrogen-bond donors (Lipinski definition) is 1. The number of nitrogens with one attached hydrogen (secondary N) is 1. The Morgan fingerprint density at radius 1 is 1.18 bits per heavy atom. The Bertz CT molecular complexity index is 506. The van der Waals surface area contributed by atoms with Crippen molar-refractivity contribution in [2.75, 3.05) is 5.43 Å². The number of hydrogen-bond acceptors (Lipinski definition) is 3. The van der Waals surface area contributed by atoms with Crippen molar-refractivity contribution in [3.05, 3.63) is 58.3 Å². The summed E-state index contributed by atoms with van der Waals surface area (Å²) >= 11 is 11.7. The molecule has 0 aliphatic heterocycles. The Morgan fingerprint density at radius 2 is 1.94 bits per heavy atom. The van der Waals surface area contributed by atoms with Crippen LogP contribution in [0.3, 0.4) is 0 Å². The van der Waals surface area contributed by atoms with Crippen LogP contribution < -0.4 is 5.43 Å². The van der Waals surface area contributed by atoms with Gasteiger partial charge >= 0.3 is 0 Å². The molecule has 3 nitrogen and oxygen atoms in total. The van der Waals surface area contributed by atoms with Gasteiger partial charge in [0.15, 0.2) is 0 Å². The van der Waals surface area contributed by atoms with Crippen LogP contribution in [-0.4, -0.2) is 11.2 Å². The molecule has 0 radical (unpaired) electrons. The summed E-state index contributed by atoms with van der Waals surface area (Å²) in [7, 11) is 0. The summed E-state index contributed by atoms with van der Waals surface area (Å²) < 4.78 is 0. The summed E-state index contributed by atoms with van der Waals surface area (Å²) in [5.74, 6) is 0. The highest BCUT2D eigenvalue weighted by Gasteiger charge is 1.96. The summed E-state index contributed by atoms with van der Waals surface area (Å²) in [5, 5.41) is 5.19. The highest BCUT2D eigenvalue weighted by Crippen LogP contribution is 2.22. The average Bonchev–Trinajstić information content (AvgIpc) is 2.29. The molecule has 0 spiro atoms. The van der Waals surface area contributed by atoms with Gasteiger partial charge in [0.2, 0.25) is 0 Å². The maximum atomic E-state index is 5.86. The minimum Gasteiger partial charge on any atom is -0.278 e. The molecule has 0 amide bonds. The van der Waals surface area contributed by atoms with Crippen LogP contribution in [0.4, 0.5) is 5.69 Å². The Balaban J connectivity index is 2.05. The van der Waals surface area contributed by atoms with Gasteiger partial charge in [0.1, 0.15) is 0 Å². The van der Waals surface area contributed by atoms with E-state index < -0.39 is 0 Å². The first-order valence-corrected chi connectivity index (χ1v) is 5.65. The van der Waals surface area contributed by atoms with Crippen LogP contribution in [0.1, 0.15) is 5.56 Å². The molecule has 0 aliphatic carbocycles. The van der Waals surface area contributed by atoms with Gasteiger partial charge in [0, 0.05) is 28.0 Å². The van der Waals surface area contributed by atoms with Crippen LogP contribution in [0, 0.1) is 0 Å². The second-order valence-corrected chi connectivity index (χ2v) is 4.19. The summed E-state index contributed by atoms with van der Waals surface area (Å²) in [4.78, 5) is 3.98. The van der Waals surface area contributed by atoms with Crippen LogP contribution in [0.5, 0.6) is 0 Å². The second-order valence-electron chi connectivity index (χ2n) is 3.31. The van der Waals surface area contributed by atoms with E-state index in [-0.39, 0.29) is 0 Å². The van der Waals surface area contributed by atoms with Gasteiger partial charge in [-0.1, -0.05) is 29.3 Å². The minimum atomic E-state index is 0.566. The Morgan fingerprint density at radius 3 is 2.59 bits per heavy atom. The molecule has 0 atom stereocenters. The van der Waals surface area contributed by atoms with Gasteiger partial charge < -0.3 is 0 Å². The number of pyridine rings is 1. The number of halogens is 2. The van der Waals surface area contributed by atoms with E-state index in [2.05, 4.69) is 15.5 Å². The lowest BCUT2D eigenvalue weighted by molar-refractivity contribution is 1.30. The SMILES string of the molecule is Clc1cc(Cl)cc(N/N=C\c2cccnc2)c1. The first-order valence-electron chi connectivity index (χ1n) is 4.89. The zero-order valence-corrected chi connectivity index (χ0v) is 10.3. The van der Waals surface area contributed by atoms with Crippen molar-refractivity contribution in [3.8, 4) is 0 Å². The monoisotopic (exact) mass is 265 g/mol. The molecule has 0 saturated carbocycles. The zero-order chi connectivity index (χ0) is 12.1. The molecule has 2 aromatic rings. The topological polar surface area (TPSA) is 37.3 Å². The van der Waals surface area contributed by atoms with Gasteiger partial charge in [-0.3, -0.25) is 10.4 Å². The molecule has 0 unspecified atom stereocenters. The standard InChI is InChI=1S/C12H9Cl2N3/c13-10-4-11(14)6-12(5-10)17-16-8-9-2-1-3-15-7-9/h1-8,17H/b16-8-. The highest BCUT2D eigenvalue weighted by atomic mass is 35.5. The Kier molecular flexibility index (Phi) is 3.96. The van der Waals surface area contributed by atoms with E-state index in [1.807, 2.05) is 12.1 Å². The molecule has 0 bridgehead atoms. The molecule has 1 heterocycles. The van der Waals surface area contributed by atoms with Crippen LogP contribution in [0.2, 0.25) is 10.0 Å². The normalized spacial score (nSPS) is 10.7. The predicted octanol–water partition coefficient (Wildman–Crippen LogP) is 3.83. The first-order chi connectivity index (χ1) is 8.24. The summed E-state index contributed by atoms with van der Waals surface area (Å²) in [6, 6.07) is 8.90. The summed E-state index contributed by atoms with van der Waals surface area (Å²) in [5.41, 5.74) is 4.50. The van der Waals surface area contributed by atoms with Crippen molar-refractivity contribution in [2.45, 2.75) is 0 Å². The highest BCUT2D eigenvalue weighted by molar-refractivity contribution is 6.35. The smallest absolute Gasteiger partial charge is 0.0591 e. The number of benzene rings is 1. The van der Waals surface area contributed by atoms with Crippen molar-refractivity contribution in [1.29, 1.82) is 0 Å². The van der Waals surface area contributed by atoms with E-state index in [0.717, 1.165) is 11.3 Å². The first kappa shape index (κ1) is 11.9. The van der Waals surface area contributed by atoms with Crippen LogP contribution in [-0.2, 0) is 0 Å². The average molecular weight is 266 g/mol. The van der Waals surface area contributed by atoms with Crippen molar-refractivity contribution in [3.63, 3.8) is 0 Å². The van der Waals surface area contributed by atoms with E-state index in [1.165, 1.54) is 0 Å². The van der Waals surface area contributed by atoms with E-state index in [1.54, 1.807) is 36.8 Å². The lowest BCUT2D eigenvalue weighted by Crippen LogP contribution is -1.90. The fraction of sp³-hybridized carbons (Fsp3) is 0. The Labute approximate surface area is 109 Å². The number of rotatable bonds is 3. The number of nitrogens with zero attached hydrogens (tertiary/aromatic N) is 2. The van der Waals surface area contributed by atoms with E-state index >= 15 is 0 Å². The third-order valence-electron chi connectivity index (χ3n) is 1.95. The van der Waals surface area contributed by atoms with Gasteiger partial charge in [0.05, 0.1) is 11.9 Å². The third kappa shape index (κ3) is 3.73. The van der Waals surface area contributed by atoms with E-state index in [4.69, 9.17) is 23.2 Å². The zero-order valence-electron chi connectivity index (χ0n) is 8.77. The summed E-state index contributed by atoms with van der Waals surface area (Å²) in [6.07, 6.45) is 5.10. The molecule has 1 aromatic carbocycles. The fourth-order valence-corrected chi connectivity index (χ4v) is 1.78. The molecule has 0 fully saturated rings. The number of aromatic nitrogens is 1. The van der Waals surface area contributed by atoms with Crippen molar-refractivity contribution >= 4 is 35.1 Å². The molecule has 5 heteroatoms. The maximum Gasteiger partial charge on any atom is 0.0591 e. The quantitative estimate of drug-likeness (QED) is 0.677. The van der Waals surface area contributed by atoms with Crippen LogP contribution in [0.15, 0.2) is 47.8 Å². The predicted molar refractivity (Wildman–Crippen MR) is 71.9 cm³/mol. The van der Waals surface area contributed by atoms with Gasteiger partial charge in [-0.15, -0.1) is 0 Å². The van der Waals surface area contributed by atoms with Crippen LogP contribution in [0.25, 0.3) is 0 Å². The van der Waals surface area contributed by atoms with Gasteiger partial charge in [-0.2, -0.15) is 5.10 Å². The van der Waals surface area contributed by atoms with E-state index in [9.17, 15) is 0 Å². The molecule has 1 N–H and O–H groups in total. The lowest BCUT2D eigenvalue weighted by atomic mass is 10.3. The third-order valence-corrected chi connectivity index (χ3v) is 2.39. The molecular formula is C12H9Cl2N3. The number of anilines is 1. The molecule has 0 saturated heterocycles. The molecule has 1 aromatic heterocycles. The lowest BCUT2D eigenvalue weighted by Gasteiger charge is -2.01. The van der Waals surface area contributed by atoms with Gasteiger partial charge in [-0.25, -0.2) is 0 Å². The molecule has 17 heavy (non-hydrogen) atoms. The largest absolute Gasteiger partial charge is 0.278 e. The minimum absolute atomic E-state index is 0.566. The summed E-state index contributed by atoms with van der Waals surface area (Å²) in [6.45, 7) is 0. The van der Waals surface area contributed by atoms with E-state index in [0.29, 0.717) is 10.0 Å². The fourth-order valence-electron chi connectivity index (χ4n) is 1.25. The van der Waals surface area contributed by atoms with Gasteiger partial charge in [0.25, 0.3) is 0 Å². The second kappa shape index (κ2) is 5.66. The van der Waals surface area contributed by atoms with Crippen molar-refractivity contribution < 1.29 is 0 Å². The van der Waals surface area contributed by atoms with Crippen LogP contribution >= 0.6 is 23.2 Å². The maximum absolute atomic E-state index is 5.86. The number of hydrazone groups is 1. The van der Waals surface area contributed by atoms with Gasteiger partial charge in [-0.05, 0) is 24.3 Å². The molecule has 0 aliphatic rings. The molecular weight excluding hydrogens is 257 g/mol. The van der Waals surface area contributed by atoms with Crippen molar-refractivity contribution in [1.82, 2.24) is 4.98 Å².